The summed E-state index contributed by atoms with van der Waals surface area (Å²) in [4.78, 5) is 86.9. The normalized spacial score (nSPS) is 13.2. The third-order valence-corrected chi connectivity index (χ3v) is 10.2. The zero-order chi connectivity index (χ0) is 44.5. The minimum Gasteiger partial charge on any atom is -0.366 e. The second-order valence-electron chi connectivity index (χ2n) is 13.6. The van der Waals surface area contributed by atoms with Crippen molar-refractivity contribution < 1.29 is 24.0 Å². The van der Waals surface area contributed by atoms with E-state index in [9.17, 15) is 24.0 Å². The van der Waals surface area contributed by atoms with Gasteiger partial charge in [0.15, 0.2) is 5.69 Å². The van der Waals surface area contributed by atoms with Gasteiger partial charge in [0, 0.05) is 94.3 Å². The Balaban J connectivity index is 0.000000129. The van der Waals surface area contributed by atoms with E-state index in [0.717, 1.165) is 86.6 Å². The van der Waals surface area contributed by atoms with Gasteiger partial charge in [-0.25, -0.2) is 19.9 Å². The third kappa shape index (κ3) is 9.91. The number of primary amides is 5. The number of hydrogen-bond acceptors (Lipinski definition) is 13. The molecule has 10 N–H and O–H groups in total. The molecule has 5 aliphatic rings. The number of nitrogens with two attached hydrogens (primary N) is 5. The summed E-state index contributed by atoms with van der Waals surface area (Å²) in [6, 6.07) is 5.02. The molecule has 5 aromatic rings. The van der Waals surface area contributed by atoms with Crippen LogP contribution in [0.1, 0.15) is 108 Å². The largest absolute Gasteiger partial charge is 0.366 e. The molecule has 19 heteroatoms. The van der Waals surface area contributed by atoms with Crippen LogP contribution in [0.25, 0.3) is 22.7 Å². The van der Waals surface area contributed by atoms with Crippen LogP contribution in [-0.2, 0) is 32.1 Å². The molecule has 0 radical (unpaired) electrons. The first-order valence-electron chi connectivity index (χ1n) is 18.8. The zero-order valence-corrected chi connectivity index (χ0v) is 34.7. The van der Waals surface area contributed by atoms with Crippen molar-refractivity contribution in [1.29, 1.82) is 0 Å². The Labute approximate surface area is 362 Å². The molecule has 5 aromatic heterocycles. The smallest absolute Gasteiger partial charge is 0.269 e. The molecule has 18 nitrogen and oxygen atoms in total. The molecule has 0 atom stereocenters. The molecular weight excluding hydrogens is 858 g/mol. The van der Waals surface area contributed by atoms with Crippen LogP contribution in [-0.4, -0.2) is 70.6 Å². The molecule has 62 heavy (non-hydrogen) atoms. The van der Waals surface area contributed by atoms with Crippen molar-refractivity contribution in [2.45, 2.75) is 39.0 Å². The highest BCUT2D eigenvalue weighted by atomic mass is 79.9. The average Bonchev–Trinajstić information content (AvgIpc) is 4.11. The summed E-state index contributed by atoms with van der Waals surface area (Å²) in [7, 11) is 0. The van der Waals surface area contributed by atoms with Gasteiger partial charge in [-0.3, -0.25) is 43.9 Å². The lowest BCUT2D eigenvalue weighted by Crippen LogP contribution is -2.15. The first-order chi connectivity index (χ1) is 29.7. The maximum atomic E-state index is 11.1. The number of fused-ring (bicyclic) bond motifs is 5. The molecule has 5 amide bonds. The van der Waals surface area contributed by atoms with Crippen molar-refractivity contribution in [1.82, 2.24) is 34.9 Å². The molecule has 0 aromatic carbocycles. The van der Waals surface area contributed by atoms with E-state index >= 15 is 0 Å². The fourth-order valence-corrected chi connectivity index (χ4v) is 7.33. The van der Waals surface area contributed by atoms with Crippen molar-refractivity contribution in [2.75, 3.05) is 0 Å². The van der Waals surface area contributed by atoms with Gasteiger partial charge in [-0.15, -0.1) is 0 Å². The van der Waals surface area contributed by atoms with Gasteiger partial charge < -0.3 is 28.7 Å². The van der Waals surface area contributed by atoms with Crippen molar-refractivity contribution in [3.8, 4) is 0 Å². The number of hydrogen-bond donors (Lipinski definition) is 5. The summed E-state index contributed by atoms with van der Waals surface area (Å²) >= 11 is 3.37. The Bertz CT molecular complexity index is 2640. The second-order valence-corrected chi connectivity index (χ2v) is 14.4. The Hall–Kier alpha value is -7.93. The summed E-state index contributed by atoms with van der Waals surface area (Å²) in [6.45, 7) is 1.87. The number of amides is 5. The molecule has 0 fully saturated rings. The van der Waals surface area contributed by atoms with Crippen molar-refractivity contribution in [3.05, 3.63) is 152 Å². The SMILES string of the molecule is Cc1cc(C(N)=O)c2c(n1)CC=C2.NC(=O)c1ccnc2c1C(Br)=CC2.NC(=O)c1ccnc2c1C=CC2.NC(=O)c1ncnc2c1C=CC2.NC(=O)c1ncnc2c1N=CC2. The lowest BCUT2D eigenvalue weighted by molar-refractivity contribution is 0.0987. The highest BCUT2D eigenvalue weighted by Gasteiger charge is 2.21. The standard InChI is InChI=1S/C10H10N2O.C9H7BrN2O.C9H8N2O.C8H7N3O.C7H6N4O/c1-6-5-8(10(11)13)7-3-2-4-9(7)12-6;10-6-1-2-7-8(6)5(9(11)13)3-4-12-7;10-9(12)7-4-5-11-8-3-1-2-6(7)8;9-8(12)7-5-2-1-3-6(5)10-4-11-7;8-7(12)6-5-4(1-2-9-5)10-3-11-6/h2-3,5H,4H2,1H3,(H2,11,13);1,3-4H,2H2,(H2,11,13);1-2,4-5H,3H2,(H2,10,12);1-2,4H,3H2,(H2,9,12);2-3H,1H2,(H2,8,12). The van der Waals surface area contributed by atoms with Gasteiger partial charge in [0.25, 0.3) is 11.8 Å². The molecule has 4 aliphatic carbocycles. The fourth-order valence-electron chi connectivity index (χ4n) is 6.73. The Morgan fingerprint density at radius 3 is 1.71 bits per heavy atom. The van der Waals surface area contributed by atoms with Crippen LogP contribution in [0, 0.1) is 6.92 Å². The number of halogens is 1. The number of rotatable bonds is 5. The van der Waals surface area contributed by atoms with Crippen LogP contribution < -0.4 is 28.7 Å². The number of aryl methyl sites for hydroxylation is 1. The first-order valence-corrected chi connectivity index (χ1v) is 19.6. The molecule has 0 unspecified atom stereocenters. The van der Waals surface area contributed by atoms with E-state index in [4.69, 9.17) is 28.7 Å². The van der Waals surface area contributed by atoms with Crippen LogP contribution in [0.4, 0.5) is 5.69 Å². The van der Waals surface area contributed by atoms with Crippen LogP contribution in [0.5, 0.6) is 0 Å². The molecule has 0 saturated heterocycles. The van der Waals surface area contributed by atoms with Gasteiger partial charge in [0.05, 0.1) is 34.0 Å². The zero-order valence-electron chi connectivity index (χ0n) is 33.1. The predicted octanol–water partition coefficient (Wildman–Crippen LogP) is 3.26. The Morgan fingerprint density at radius 2 is 1.08 bits per heavy atom. The lowest BCUT2D eigenvalue weighted by atomic mass is 10.1. The first kappa shape index (κ1) is 43.6. The number of carbonyl (C=O) groups excluding carboxylic acids is 5. The van der Waals surface area contributed by atoms with Crippen molar-refractivity contribution in [2.24, 2.45) is 33.7 Å². The van der Waals surface area contributed by atoms with Gasteiger partial charge >= 0.3 is 0 Å². The quantitative estimate of drug-likeness (QED) is 0.170. The van der Waals surface area contributed by atoms with E-state index in [-0.39, 0.29) is 17.5 Å². The number of aliphatic imine (C=N–C) groups is 1. The van der Waals surface area contributed by atoms with E-state index in [1.54, 1.807) is 36.8 Å². The van der Waals surface area contributed by atoms with Crippen LogP contribution in [0.2, 0.25) is 0 Å². The summed E-state index contributed by atoms with van der Waals surface area (Å²) in [5.74, 6) is -2.24. The van der Waals surface area contributed by atoms with E-state index in [2.05, 4.69) is 55.8 Å². The molecular formula is C43H38BrN13O5. The van der Waals surface area contributed by atoms with Crippen molar-refractivity contribution >= 4 is 80.1 Å². The molecule has 6 heterocycles. The average molecular weight is 897 g/mol. The Kier molecular flexibility index (Phi) is 13.7. The minimum atomic E-state index is -0.562. The predicted molar refractivity (Wildman–Crippen MR) is 235 cm³/mol. The van der Waals surface area contributed by atoms with Crippen LogP contribution >= 0.6 is 15.9 Å². The van der Waals surface area contributed by atoms with E-state index < -0.39 is 17.7 Å². The number of nitrogens with zero attached hydrogens (tertiary/aromatic N) is 8. The van der Waals surface area contributed by atoms with E-state index in [0.29, 0.717) is 34.5 Å². The molecule has 312 valence electrons. The minimum absolute atomic E-state index is 0.203. The third-order valence-electron chi connectivity index (χ3n) is 9.50. The van der Waals surface area contributed by atoms with Gasteiger partial charge in [-0.2, -0.15) is 0 Å². The summed E-state index contributed by atoms with van der Waals surface area (Å²) in [6.07, 6.45) is 24.9. The van der Waals surface area contributed by atoms with E-state index in [1.807, 2.05) is 49.5 Å². The maximum Gasteiger partial charge on any atom is 0.269 e. The lowest BCUT2D eigenvalue weighted by Gasteiger charge is -2.04. The fraction of sp³-hybridized carbons (Fsp3) is 0.140. The van der Waals surface area contributed by atoms with Crippen LogP contribution in [0.3, 0.4) is 0 Å². The summed E-state index contributed by atoms with van der Waals surface area (Å²) in [5.41, 5.74) is 37.2. The summed E-state index contributed by atoms with van der Waals surface area (Å²) in [5, 5.41) is 0. The highest BCUT2D eigenvalue weighted by molar-refractivity contribution is 9.15. The maximum absolute atomic E-state index is 11.1. The molecule has 0 spiro atoms. The molecule has 0 saturated carbocycles. The number of aromatic nitrogens is 7. The number of allylic oxidation sites excluding steroid dienone is 4. The van der Waals surface area contributed by atoms with Crippen molar-refractivity contribution in [3.63, 3.8) is 0 Å². The van der Waals surface area contributed by atoms with Gasteiger partial charge in [-0.05, 0) is 25.1 Å². The summed E-state index contributed by atoms with van der Waals surface area (Å²) < 4.78 is 0.907. The van der Waals surface area contributed by atoms with Gasteiger partial charge in [-0.1, -0.05) is 58.5 Å². The number of pyridine rings is 3. The van der Waals surface area contributed by atoms with E-state index in [1.165, 1.54) is 12.7 Å². The second kappa shape index (κ2) is 19.4. The molecule has 0 bridgehead atoms. The Morgan fingerprint density at radius 1 is 0.548 bits per heavy atom. The highest BCUT2D eigenvalue weighted by Crippen LogP contribution is 2.33. The topological polar surface area (TPSA) is 318 Å². The molecule has 1 aliphatic heterocycles. The molecule has 10 rings (SSSR count). The monoisotopic (exact) mass is 895 g/mol. The number of carbonyl (C=O) groups is 5. The van der Waals surface area contributed by atoms with Gasteiger partial charge in [0.2, 0.25) is 17.7 Å². The van der Waals surface area contributed by atoms with Gasteiger partial charge in [0.1, 0.15) is 24.0 Å². The van der Waals surface area contributed by atoms with Crippen LogP contribution in [0.15, 0.2) is 72.5 Å².